The van der Waals surface area contributed by atoms with E-state index in [-0.39, 0.29) is 21.6 Å². The minimum Gasteiger partial charge on any atom is -0.481 e. The van der Waals surface area contributed by atoms with Gasteiger partial charge in [0.25, 0.3) is 6.43 Å². The molecule has 0 N–H and O–H groups in total. The van der Waals surface area contributed by atoms with Gasteiger partial charge in [-0.15, -0.1) is 0 Å². The maximum absolute atomic E-state index is 12.5. The number of aldehydes is 1. The van der Waals surface area contributed by atoms with Crippen LogP contribution in [0.25, 0.3) is 0 Å². The molecule has 0 aromatic carbocycles. The number of rotatable bonds is 3. The summed E-state index contributed by atoms with van der Waals surface area (Å²) in [5, 5.41) is 0. The lowest BCUT2D eigenvalue weighted by molar-refractivity contribution is 0.111. The zero-order valence-corrected chi connectivity index (χ0v) is 8.72. The normalized spacial score (nSPS) is 10.4. The first kappa shape index (κ1) is 11.0. The number of aromatic nitrogens is 1. The van der Waals surface area contributed by atoms with Crippen LogP contribution in [0.2, 0.25) is 0 Å². The Morgan fingerprint density at radius 1 is 1.64 bits per heavy atom. The van der Waals surface area contributed by atoms with Gasteiger partial charge in [-0.05, 0) is 6.07 Å². The van der Waals surface area contributed by atoms with Crippen LogP contribution in [-0.4, -0.2) is 18.4 Å². The van der Waals surface area contributed by atoms with Crippen LogP contribution in [0.3, 0.4) is 0 Å². The first-order valence-electron chi connectivity index (χ1n) is 3.58. The van der Waals surface area contributed by atoms with E-state index in [2.05, 4.69) is 25.7 Å². The summed E-state index contributed by atoms with van der Waals surface area (Å²) >= 11 is 2.92. The van der Waals surface area contributed by atoms with E-state index in [1.165, 1.54) is 13.2 Å². The van der Waals surface area contributed by atoms with Crippen molar-refractivity contribution < 1.29 is 18.3 Å². The standard InChI is InChI=1S/C8H6BrF2NO2/c1-14-8-6(7(10)11)5(9)2-4(3-13)12-8/h2-3,7H,1H3. The number of carbonyl (C=O) groups excluding carboxylic acids is 1. The van der Waals surface area contributed by atoms with E-state index in [9.17, 15) is 13.6 Å². The van der Waals surface area contributed by atoms with Crippen molar-refractivity contribution >= 4 is 22.2 Å². The van der Waals surface area contributed by atoms with Gasteiger partial charge in [0.15, 0.2) is 6.29 Å². The molecule has 1 heterocycles. The lowest BCUT2D eigenvalue weighted by Gasteiger charge is -2.08. The van der Waals surface area contributed by atoms with E-state index in [4.69, 9.17) is 0 Å². The zero-order chi connectivity index (χ0) is 10.7. The highest BCUT2D eigenvalue weighted by Crippen LogP contribution is 2.34. The number of pyridine rings is 1. The summed E-state index contributed by atoms with van der Waals surface area (Å²) in [6, 6.07) is 1.22. The number of alkyl halides is 2. The molecule has 0 spiro atoms. The molecule has 1 aromatic rings. The molecule has 0 aliphatic rings. The average Bonchev–Trinajstić information content (AvgIpc) is 2.15. The van der Waals surface area contributed by atoms with Crippen LogP contribution in [-0.2, 0) is 0 Å². The molecule has 76 valence electrons. The Labute approximate surface area is 87.2 Å². The van der Waals surface area contributed by atoms with Crippen molar-refractivity contribution in [3.63, 3.8) is 0 Å². The van der Waals surface area contributed by atoms with E-state index in [0.717, 1.165) is 0 Å². The largest absolute Gasteiger partial charge is 0.481 e. The Kier molecular flexibility index (Phi) is 3.51. The molecule has 0 saturated carbocycles. The van der Waals surface area contributed by atoms with Crippen molar-refractivity contribution in [2.45, 2.75) is 6.43 Å². The summed E-state index contributed by atoms with van der Waals surface area (Å²) in [7, 11) is 1.22. The molecule has 0 radical (unpaired) electrons. The fraction of sp³-hybridized carbons (Fsp3) is 0.250. The Bertz CT molecular complexity index is 357. The van der Waals surface area contributed by atoms with Crippen LogP contribution < -0.4 is 4.74 Å². The molecule has 0 atom stereocenters. The average molecular weight is 266 g/mol. The summed E-state index contributed by atoms with van der Waals surface area (Å²) in [5.74, 6) is -0.239. The molecule has 0 fully saturated rings. The van der Waals surface area contributed by atoms with Crippen LogP contribution in [0.5, 0.6) is 5.88 Å². The predicted molar refractivity (Wildman–Crippen MR) is 48.8 cm³/mol. The van der Waals surface area contributed by atoms with Crippen LogP contribution in [0.4, 0.5) is 8.78 Å². The molecular formula is C8H6BrF2NO2. The Balaban J connectivity index is 3.34. The third kappa shape index (κ3) is 2.06. The summed E-state index contributed by atoms with van der Waals surface area (Å²) in [6.45, 7) is 0. The fourth-order valence-electron chi connectivity index (χ4n) is 0.933. The molecule has 3 nitrogen and oxygen atoms in total. The second-order valence-corrected chi connectivity index (χ2v) is 3.22. The van der Waals surface area contributed by atoms with Gasteiger partial charge in [-0.25, -0.2) is 13.8 Å². The molecule has 0 aliphatic heterocycles. The molecule has 0 amide bonds. The number of halogens is 3. The number of carbonyl (C=O) groups is 1. The third-order valence-corrected chi connectivity index (χ3v) is 2.18. The van der Waals surface area contributed by atoms with Gasteiger partial charge in [0.05, 0.1) is 12.7 Å². The van der Waals surface area contributed by atoms with Crippen molar-refractivity contribution in [2.75, 3.05) is 7.11 Å². The van der Waals surface area contributed by atoms with Gasteiger partial charge in [-0.2, -0.15) is 0 Å². The van der Waals surface area contributed by atoms with Crippen LogP contribution in [0.1, 0.15) is 22.5 Å². The van der Waals surface area contributed by atoms with E-state index >= 15 is 0 Å². The molecule has 0 aliphatic carbocycles. The molecule has 0 saturated heterocycles. The predicted octanol–water partition coefficient (Wildman–Crippen LogP) is 2.60. The first-order chi connectivity index (χ1) is 6.60. The van der Waals surface area contributed by atoms with E-state index in [1.807, 2.05) is 0 Å². The highest BCUT2D eigenvalue weighted by atomic mass is 79.9. The van der Waals surface area contributed by atoms with Crippen molar-refractivity contribution in [3.05, 3.63) is 21.8 Å². The molecule has 14 heavy (non-hydrogen) atoms. The highest BCUT2D eigenvalue weighted by Gasteiger charge is 2.20. The van der Waals surface area contributed by atoms with Gasteiger partial charge >= 0.3 is 0 Å². The Morgan fingerprint density at radius 2 is 2.29 bits per heavy atom. The van der Waals surface area contributed by atoms with Gasteiger partial charge in [-0.1, -0.05) is 15.9 Å². The monoisotopic (exact) mass is 265 g/mol. The topological polar surface area (TPSA) is 39.2 Å². The lowest BCUT2D eigenvalue weighted by Crippen LogP contribution is -2.00. The molecule has 1 aromatic heterocycles. The fourth-order valence-corrected chi connectivity index (χ4v) is 1.51. The summed E-state index contributed by atoms with van der Waals surface area (Å²) in [5.41, 5.74) is -0.309. The second-order valence-electron chi connectivity index (χ2n) is 2.37. The highest BCUT2D eigenvalue weighted by molar-refractivity contribution is 9.10. The number of hydrogen-bond acceptors (Lipinski definition) is 3. The quantitative estimate of drug-likeness (QED) is 0.789. The van der Waals surface area contributed by atoms with Crippen LogP contribution >= 0.6 is 15.9 Å². The number of ether oxygens (including phenoxy) is 1. The summed E-state index contributed by atoms with van der Waals surface area (Å²) in [4.78, 5) is 14.0. The number of hydrogen-bond donors (Lipinski definition) is 0. The SMILES string of the molecule is COc1nc(C=O)cc(Br)c1C(F)F. The van der Waals surface area contributed by atoms with E-state index in [0.29, 0.717) is 6.29 Å². The van der Waals surface area contributed by atoms with E-state index in [1.54, 1.807) is 0 Å². The minimum absolute atomic E-state index is 0.0399. The molecule has 0 unspecified atom stereocenters. The molecular weight excluding hydrogens is 260 g/mol. The van der Waals surface area contributed by atoms with E-state index < -0.39 is 6.43 Å². The minimum atomic E-state index is -2.70. The second kappa shape index (κ2) is 4.45. The summed E-state index contributed by atoms with van der Waals surface area (Å²) in [6.07, 6.45) is -2.24. The third-order valence-electron chi connectivity index (χ3n) is 1.53. The molecule has 6 heteroatoms. The van der Waals surface area contributed by atoms with Crippen LogP contribution in [0.15, 0.2) is 10.5 Å². The number of nitrogens with zero attached hydrogens (tertiary/aromatic N) is 1. The Hall–Kier alpha value is -1.04. The number of methoxy groups -OCH3 is 1. The van der Waals surface area contributed by atoms with Crippen molar-refractivity contribution in [2.24, 2.45) is 0 Å². The van der Waals surface area contributed by atoms with Crippen molar-refractivity contribution in [1.82, 2.24) is 4.98 Å². The van der Waals surface area contributed by atoms with Crippen molar-refractivity contribution in [1.29, 1.82) is 0 Å². The maximum Gasteiger partial charge on any atom is 0.270 e. The van der Waals surface area contributed by atoms with Gasteiger partial charge in [0.2, 0.25) is 5.88 Å². The smallest absolute Gasteiger partial charge is 0.270 e. The van der Waals surface area contributed by atoms with Gasteiger partial charge in [0.1, 0.15) is 5.69 Å². The maximum atomic E-state index is 12.5. The van der Waals surface area contributed by atoms with Gasteiger partial charge in [-0.3, -0.25) is 4.79 Å². The van der Waals surface area contributed by atoms with Gasteiger partial charge < -0.3 is 4.74 Å². The molecule has 1 rings (SSSR count). The Morgan fingerprint density at radius 3 is 2.71 bits per heavy atom. The van der Waals surface area contributed by atoms with Gasteiger partial charge in [0, 0.05) is 4.47 Å². The zero-order valence-electron chi connectivity index (χ0n) is 7.13. The lowest BCUT2D eigenvalue weighted by atomic mass is 10.2. The molecule has 0 bridgehead atoms. The van der Waals surface area contributed by atoms with Crippen molar-refractivity contribution in [3.8, 4) is 5.88 Å². The van der Waals surface area contributed by atoms with Crippen LogP contribution in [0, 0.1) is 0 Å². The summed E-state index contributed by atoms with van der Waals surface area (Å²) < 4.78 is 29.7. The first-order valence-corrected chi connectivity index (χ1v) is 4.37.